The monoisotopic (exact) mass is 406 g/mol. The Bertz CT molecular complexity index is 887. The molecule has 0 bridgehead atoms. The molecule has 1 unspecified atom stereocenters. The van der Waals surface area contributed by atoms with E-state index in [1.807, 2.05) is 17.1 Å². The first-order valence-corrected chi connectivity index (χ1v) is 11.6. The second kappa shape index (κ2) is 8.08. The fourth-order valence-corrected chi connectivity index (χ4v) is 5.47. The number of hydrogen-bond acceptors (Lipinski definition) is 5. The molecule has 2 aliphatic carbocycles. The highest BCUT2D eigenvalue weighted by Crippen LogP contribution is 2.36. The summed E-state index contributed by atoms with van der Waals surface area (Å²) in [6.45, 7) is 0. The Morgan fingerprint density at radius 2 is 1.73 bits per heavy atom. The zero-order chi connectivity index (χ0) is 20.6. The van der Waals surface area contributed by atoms with E-state index in [4.69, 9.17) is 11.5 Å². The van der Waals surface area contributed by atoms with Crippen LogP contribution in [0.15, 0.2) is 42.7 Å². The average Bonchev–Trinajstić information content (AvgIpc) is 3.24. The van der Waals surface area contributed by atoms with Crippen molar-refractivity contribution in [3.8, 4) is 0 Å². The SMILES string of the molecule is NC1CCC(C2(N)C=C(Nc3ccc(C4CCCCC4)cc3)c3nccn3N2)CC1. The van der Waals surface area contributed by atoms with E-state index in [9.17, 15) is 0 Å². The van der Waals surface area contributed by atoms with E-state index in [1.165, 1.54) is 37.7 Å². The Balaban J connectivity index is 1.37. The van der Waals surface area contributed by atoms with Gasteiger partial charge in [0.05, 0.1) is 5.70 Å². The lowest BCUT2D eigenvalue weighted by atomic mass is 9.78. The molecule has 6 N–H and O–H groups in total. The summed E-state index contributed by atoms with van der Waals surface area (Å²) in [5, 5.41) is 3.59. The maximum absolute atomic E-state index is 6.90. The quantitative estimate of drug-likeness (QED) is 0.613. The van der Waals surface area contributed by atoms with E-state index < -0.39 is 5.66 Å². The second-order valence-electron chi connectivity index (χ2n) is 9.42. The number of imidazole rings is 1. The van der Waals surface area contributed by atoms with Crippen molar-refractivity contribution in [2.24, 2.45) is 17.4 Å². The molecule has 3 aliphatic rings. The molecule has 1 aromatic carbocycles. The molecule has 160 valence electrons. The minimum Gasteiger partial charge on any atom is -0.353 e. The van der Waals surface area contributed by atoms with E-state index in [0.29, 0.717) is 12.0 Å². The van der Waals surface area contributed by atoms with Gasteiger partial charge in [0.1, 0.15) is 5.66 Å². The van der Waals surface area contributed by atoms with Crippen molar-refractivity contribution >= 4 is 11.4 Å². The molecule has 2 fully saturated rings. The fraction of sp³-hybridized carbons (Fsp3) is 0.542. The molecule has 5 rings (SSSR count). The highest BCUT2D eigenvalue weighted by atomic mass is 15.5. The summed E-state index contributed by atoms with van der Waals surface area (Å²) in [5.41, 5.74) is 19.4. The molecule has 1 atom stereocenters. The van der Waals surface area contributed by atoms with Gasteiger partial charge in [-0.15, -0.1) is 0 Å². The molecule has 1 aromatic heterocycles. The Morgan fingerprint density at radius 3 is 2.47 bits per heavy atom. The van der Waals surface area contributed by atoms with E-state index in [-0.39, 0.29) is 0 Å². The Hall–Kier alpha value is -2.31. The lowest BCUT2D eigenvalue weighted by Crippen LogP contribution is -2.58. The van der Waals surface area contributed by atoms with Crippen molar-refractivity contribution in [2.75, 3.05) is 10.7 Å². The van der Waals surface area contributed by atoms with Crippen LogP contribution in [0.2, 0.25) is 0 Å². The van der Waals surface area contributed by atoms with Crippen LogP contribution in [0.25, 0.3) is 5.70 Å². The fourth-order valence-electron chi connectivity index (χ4n) is 5.47. The Kier molecular flexibility index (Phi) is 5.29. The third-order valence-corrected chi connectivity index (χ3v) is 7.29. The van der Waals surface area contributed by atoms with Crippen LogP contribution in [-0.2, 0) is 0 Å². The maximum Gasteiger partial charge on any atom is 0.174 e. The van der Waals surface area contributed by atoms with E-state index >= 15 is 0 Å². The molecule has 0 amide bonds. The van der Waals surface area contributed by atoms with E-state index in [0.717, 1.165) is 48.8 Å². The van der Waals surface area contributed by atoms with Gasteiger partial charge in [-0.1, -0.05) is 31.4 Å². The van der Waals surface area contributed by atoms with Crippen LogP contribution < -0.4 is 22.2 Å². The normalized spacial score (nSPS) is 29.6. The van der Waals surface area contributed by atoms with Crippen molar-refractivity contribution in [3.05, 3.63) is 54.1 Å². The summed E-state index contributed by atoms with van der Waals surface area (Å²) < 4.78 is 1.95. The first-order chi connectivity index (χ1) is 14.6. The van der Waals surface area contributed by atoms with Crippen molar-refractivity contribution in [3.63, 3.8) is 0 Å². The number of nitrogens with zero attached hydrogens (tertiary/aromatic N) is 2. The number of nitrogens with one attached hydrogen (secondary N) is 2. The molecule has 2 saturated carbocycles. The lowest BCUT2D eigenvalue weighted by molar-refractivity contribution is 0.239. The first kappa shape index (κ1) is 19.6. The molecule has 2 heterocycles. The third kappa shape index (κ3) is 3.86. The van der Waals surface area contributed by atoms with Crippen LogP contribution in [0.3, 0.4) is 0 Å². The van der Waals surface area contributed by atoms with Gasteiger partial charge in [0.25, 0.3) is 0 Å². The molecular weight excluding hydrogens is 372 g/mol. The number of nitrogens with two attached hydrogens (primary N) is 2. The summed E-state index contributed by atoms with van der Waals surface area (Å²) in [7, 11) is 0. The van der Waals surface area contributed by atoms with Crippen LogP contribution in [0.4, 0.5) is 5.69 Å². The zero-order valence-corrected chi connectivity index (χ0v) is 17.7. The van der Waals surface area contributed by atoms with Crippen LogP contribution in [0.1, 0.15) is 75.1 Å². The summed E-state index contributed by atoms with van der Waals surface area (Å²) in [6, 6.07) is 9.26. The molecule has 2 aromatic rings. The molecule has 6 nitrogen and oxygen atoms in total. The highest BCUT2D eigenvalue weighted by molar-refractivity contribution is 5.76. The van der Waals surface area contributed by atoms with Gasteiger partial charge in [0.15, 0.2) is 5.82 Å². The summed E-state index contributed by atoms with van der Waals surface area (Å²) >= 11 is 0. The number of rotatable bonds is 4. The van der Waals surface area contributed by atoms with Gasteiger partial charge in [-0.3, -0.25) is 0 Å². The highest BCUT2D eigenvalue weighted by Gasteiger charge is 2.39. The van der Waals surface area contributed by atoms with Gasteiger partial charge < -0.3 is 22.2 Å². The predicted molar refractivity (Wildman–Crippen MR) is 122 cm³/mol. The van der Waals surface area contributed by atoms with Crippen molar-refractivity contribution in [1.82, 2.24) is 9.66 Å². The van der Waals surface area contributed by atoms with E-state index in [2.05, 4.69) is 46.1 Å². The number of aromatic nitrogens is 2. The largest absolute Gasteiger partial charge is 0.353 e. The number of benzene rings is 1. The summed E-state index contributed by atoms with van der Waals surface area (Å²) in [6.07, 6.45) is 16.8. The molecule has 0 saturated heterocycles. The average molecular weight is 407 g/mol. The van der Waals surface area contributed by atoms with Gasteiger partial charge >= 0.3 is 0 Å². The molecule has 0 radical (unpaired) electrons. The lowest BCUT2D eigenvalue weighted by Gasteiger charge is -2.42. The first-order valence-electron chi connectivity index (χ1n) is 11.6. The second-order valence-corrected chi connectivity index (χ2v) is 9.42. The van der Waals surface area contributed by atoms with Gasteiger partial charge in [-0.25, -0.2) is 9.66 Å². The zero-order valence-electron chi connectivity index (χ0n) is 17.7. The van der Waals surface area contributed by atoms with Crippen LogP contribution in [0, 0.1) is 5.92 Å². The number of anilines is 1. The van der Waals surface area contributed by atoms with Crippen molar-refractivity contribution in [2.45, 2.75) is 75.4 Å². The van der Waals surface area contributed by atoms with Crippen molar-refractivity contribution in [1.29, 1.82) is 0 Å². The van der Waals surface area contributed by atoms with Crippen LogP contribution in [0.5, 0.6) is 0 Å². The van der Waals surface area contributed by atoms with Gasteiger partial charge in [0, 0.05) is 30.0 Å². The smallest absolute Gasteiger partial charge is 0.174 e. The predicted octanol–water partition coefficient (Wildman–Crippen LogP) is 4.11. The minimum absolute atomic E-state index is 0.307. The molecular formula is C24H34N6. The van der Waals surface area contributed by atoms with Crippen LogP contribution in [-0.4, -0.2) is 21.4 Å². The number of hydrogen-bond donors (Lipinski definition) is 4. The van der Waals surface area contributed by atoms with Gasteiger partial charge in [-0.05, 0) is 68.2 Å². The third-order valence-electron chi connectivity index (χ3n) is 7.29. The minimum atomic E-state index is -0.613. The Morgan fingerprint density at radius 1 is 1.00 bits per heavy atom. The van der Waals surface area contributed by atoms with Crippen molar-refractivity contribution < 1.29 is 0 Å². The topological polar surface area (TPSA) is 93.9 Å². The maximum atomic E-state index is 6.90. The van der Waals surface area contributed by atoms with Gasteiger partial charge in [-0.2, -0.15) is 0 Å². The standard InChI is InChI=1S/C24H34N6/c25-20-10-8-19(9-11-20)24(26)16-22(23-27-14-15-30(23)29-24)28-21-12-6-18(7-13-21)17-4-2-1-3-5-17/h6-7,12-17,19-20,28-29H,1-5,8-11,25-26H2. The van der Waals surface area contributed by atoms with Gasteiger partial charge in [0.2, 0.25) is 0 Å². The molecule has 6 heteroatoms. The summed E-state index contributed by atoms with van der Waals surface area (Å²) in [4.78, 5) is 4.54. The number of fused-ring (bicyclic) bond motifs is 1. The summed E-state index contributed by atoms with van der Waals surface area (Å²) in [5.74, 6) is 1.93. The van der Waals surface area contributed by atoms with E-state index in [1.54, 1.807) is 0 Å². The molecule has 0 spiro atoms. The Labute approximate surface area is 179 Å². The van der Waals surface area contributed by atoms with Crippen LogP contribution >= 0.6 is 0 Å². The molecule has 1 aliphatic heterocycles. The molecule has 30 heavy (non-hydrogen) atoms.